The number of aryl methyl sites for hydroxylation is 1. The summed E-state index contributed by atoms with van der Waals surface area (Å²) >= 11 is 1.81. The molecule has 0 aliphatic carbocycles. The van der Waals surface area contributed by atoms with Crippen molar-refractivity contribution < 1.29 is 4.74 Å². The molecule has 166 valence electrons. The molecule has 2 unspecified atom stereocenters. The number of hydrogen-bond donors (Lipinski definition) is 2. The van der Waals surface area contributed by atoms with Crippen LogP contribution in [0.2, 0.25) is 0 Å². The average Bonchev–Trinajstić information content (AvgIpc) is 3.37. The summed E-state index contributed by atoms with van der Waals surface area (Å²) in [6.45, 7) is 11.2. The number of nitrogens with zero attached hydrogens (tertiary/aromatic N) is 5. The summed E-state index contributed by atoms with van der Waals surface area (Å²) < 4.78 is 7.74. The maximum absolute atomic E-state index is 5.76. The van der Waals surface area contributed by atoms with Gasteiger partial charge in [0, 0.05) is 38.1 Å². The van der Waals surface area contributed by atoms with E-state index in [9.17, 15) is 0 Å². The third-order valence-corrected chi connectivity index (χ3v) is 6.41. The second-order valence-electron chi connectivity index (χ2n) is 7.76. The molecule has 30 heavy (non-hydrogen) atoms. The van der Waals surface area contributed by atoms with Gasteiger partial charge in [-0.3, -0.25) is 4.90 Å². The highest BCUT2D eigenvalue weighted by atomic mass is 32.1. The number of thiophene rings is 1. The second-order valence-corrected chi connectivity index (χ2v) is 8.74. The van der Waals surface area contributed by atoms with Gasteiger partial charge in [0.05, 0.1) is 18.8 Å². The molecule has 2 aromatic heterocycles. The van der Waals surface area contributed by atoms with E-state index in [0.717, 1.165) is 63.2 Å². The Hall–Kier alpha value is -1.97. The fourth-order valence-corrected chi connectivity index (χ4v) is 4.37. The van der Waals surface area contributed by atoms with Crippen LogP contribution in [0.15, 0.2) is 22.5 Å². The van der Waals surface area contributed by atoms with Gasteiger partial charge >= 0.3 is 0 Å². The van der Waals surface area contributed by atoms with Gasteiger partial charge in [-0.1, -0.05) is 19.4 Å². The predicted molar refractivity (Wildman–Crippen MR) is 122 cm³/mol. The molecule has 3 rings (SSSR count). The van der Waals surface area contributed by atoms with E-state index in [1.165, 1.54) is 4.88 Å². The van der Waals surface area contributed by atoms with Gasteiger partial charge in [-0.25, -0.2) is 4.99 Å². The molecule has 8 nitrogen and oxygen atoms in total. The summed E-state index contributed by atoms with van der Waals surface area (Å²) in [5.41, 5.74) is 0. The van der Waals surface area contributed by atoms with E-state index >= 15 is 0 Å². The van der Waals surface area contributed by atoms with Crippen molar-refractivity contribution in [2.75, 3.05) is 32.8 Å². The zero-order valence-corrected chi connectivity index (χ0v) is 19.4. The topological polar surface area (TPSA) is 79.6 Å². The minimum Gasteiger partial charge on any atom is -0.376 e. The van der Waals surface area contributed by atoms with Crippen molar-refractivity contribution >= 4 is 17.3 Å². The van der Waals surface area contributed by atoms with Gasteiger partial charge in [-0.05, 0) is 31.7 Å². The molecule has 3 heterocycles. The van der Waals surface area contributed by atoms with Gasteiger partial charge in [-0.15, -0.1) is 21.5 Å². The van der Waals surface area contributed by atoms with E-state index in [0.29, 0.717) is 12.6 Å². The molecule has 1 aliphatic heterocycles. The Morgan fingerprint density at radius 3 is 2.93 bits per heavy atom. The normalized spacial score (nSPS) is 19.1. The maximum atomic E-state index is 5.76. The van der Waals surface area contributed by atoms with Gasteiger partial charge in [0.2, 0.25) is 0 Å². The maximum Gasteiger partial charge on any atom is 0.191 e. The van der Waals surface area contributed by atoms with Gasteiger partial charge in [0.1, 0.15) is 12.4 Å². The monoisotopic (exact) mass is 433 g/mol. The number of hydrogen-bond acceptors (Lipinski definition) is 6. The summed E-state index contributed by atoms with van der Waals surface area (Å²) in [6, 6.07) is 4.65. The van der Waals surface area contributed by atoms with Crippen LogP contribution in [0.25, 0.3) is 0 Å². The highest BCUT2D eigenvalue weighted by molar-refractivity contribution is 7.10. The van der Waals surface area contributed by atoms with E-state index in [4.69, 9.17) is 9.73 Å². The summed E-state index contributed by atoms with van der Waals surface area (Å²) in [4.78, 5) is 8.67. The van der Waals surface area contributed by atoms with Gasteiger partial charge in [0.25, 0.3) is 0 Å². The Balaban J connectivity index is 1.69. The fraction of sp³-hybridized carbons (Fsp3) is 0.667. The number of aromatic nitrogens is 3. The van der Waals surface area contributed by atoms with E-state index in [1.54, 1.807) is 0 Å². The van der Waals surface area contributed by atoms with Crippen LogP contribution in [0.4, 0.5) is 0 Å². The molecule has 1 fully saturated rings. The third kappa shape index (κ3) is 6.26. The molecular weight excluding hydrogens is 398 g/mol. The van der Waals surface area contributed by atoms with Crippen molar-refractivity contribution in [2.45, 2.75) is 52.3 Å². The van der Waals surface area contributed by atoms with Crippen molar-refractivity contribution in [2.24, 2.45) is 12.0 Å². The molecule has 1 aliphatic rings. The smallest absolute Gasteiger partial charge is 0.191 e. The average molecular weight is 434 g/mol. The SMILES string of the molecule is CCCCNC(=NCc1nnc(C)n1C)NCC(c1cccs1)N1CCOC(C)C1. The number of rotatable bonds is 9. The van der Waals surface area contributed by atoms with Gasteiger partial charge in [-0.2, -0.15) is 0 Å². The van der Waals surface area contributed by atoms with Crippen LogP contribution in [-0.2, 0) is 18.3 Å². The van der Waals surface area contributed by atoms with Crippen molar-refractivity contribution in [1.82, 2.24) is 30.3 Å². The predicted octanol–water partition coefficient (Wildman–Crippen LogP) is 2.48. The summed E-state index contributed by atoms with van der Waals surface area (Å²) in [5.74, 6) is 2.58. The van der Waals surface area contributed by atoms with E-state index in [2.05, 4.69) is 57.1 Å². The molecule has 2 atom stereocenters. The van der Waals surface area contributed by atoms with E-state index in [-0.39, 0.29) is 6.10 Å². The van der Waals surface area contributed by atoms with Crippen molar-refractivity contribution in [3.63, 3.8) is 0 Å². The standard InChI is InChI=1S/C21H35N7OS/c1-5-6-9-22-21(24-14-20-26-25-17(3)27(20)4)23-13-18(19-8-7-12-30-19)28-10-11-29-16(2)15-28/h7-8,12,16,18H,5-6,9-11,13-15H2,1-4H3,(H2,22,23,24). The second kappa shape index (κ2) is 11.4. The molecule has 1 saturated heterocycles. The first kappa shape index (κ1) is 22.7. The van der Waals surface area contributed by atoms with Crippen LogP contribution < -0.4 is 10.6 Å². The van der Waals surface area contributed by atoms with Crippen LogP contribution >= 0.6 is 11.3 Å². The highest BCUT2D eigenvalue weighted by Crippen LogP contribution is 2.26. The molecule has 9 heteroatoms. The number of guanidine groups is 1. The lowest BCUT2D eigenvalue weighted by atomic mass is 10.1. The Labute approximate surface area is 183 Å². The molecule has 0 spiro atoms. The third-order valence-electron chi connectivity index (χ3n) is 5.43. The quantitative estimate of drug-likeness (QED) is 0.359. The van der Waals surface area contributed by atoms with Crippen molar-refractivity contribution in [3.8, 4) is 0 Å². The van der Waals surface area contributed by atoms with E-state index in [1.807, 2.05) is 29.9 Å². The Bertz CT molecular complexity index is 789. The van der Waals surface area contributed by atoms with Crippen LogP contribution in [0.5, 0.6) is 0 Å². The molecule has 0 bridgehead atoms. The number of unbranched alkanes of at least 4 members (excludes halogenated alkanes) is 1. The molecule has 0 saturated carbocycles. The summed E-state index contributed by atoms with van der Waals surface area (Å²) in [5, 5.41) is 17.6. The number of ether oxygens (including phenoxy) is 1. The minimum atomic E-state index is 0.260. The van der Waals surface area contributed by atoms with Crippen molar-refractivity contribution in [1.29, 1.82) is 0 Å². The first-order valence-electron chi connectivity index (χ1n) is 10.8. The lowest BCUT2D eigenvalue weighted by molar-refractivity contribution is -0.0334. The van der Waals surface area contributed by atoms with Crippen LogP contribution in [0, 0.1) is 6.92 Å². The van der Waals surface area contributed by atoms with Gasteiger partial charge in [0.15, 0.2) is 11.8 Å². The number of nitrogens with one attached hydrogen (secondary N) is 2. The first-order valence-corrected chi connectivity index (χ1v) is 11.7. The van der Waals surface area contributed by atoms with Crippen molar-refractivity contribution in [3.05, 3.63) is 34.0 Å². The first-order chi connectivity index (χ1) is 14.6. The van der Waals surface area contributed by atoms with Gasteiger partial charge < -0.3 is 19.9 Å². The van der Waals surface area contributed by atoms with Crippen LogP contribution in [0.1, 0.15) is 49.3 Å². The lowest BCUT2D eigenvalue weighted by Gasteiger charge is -2.37. The van der Waals surface area contributed by atoms with Crippen LogP contribution in [-0.4, -0.2) is 64.5 Å². The lowest BCUT2D eigenvalue weighted by Crippen LogP contribution is -2.48. The highest BCUT2D eigenvalue weighted by Gasteiger charge is 2.26. The summed E-state index contributed by atoms with van der Waals surface area (Å²) in [7, 11) is 1.98. The molecule has 2 aromatic rings. The molecule has 2 N–H and O–H groups in total. The minimum absolute atomic E-state index is 0.260. The number of aliphatic imine (C=N–C) groups is 1. The molecule has 0 aromatic carbocycles. The summed E-state index contributed by atoms with van der Waals surface area (Å²) in [6.07, 6.45) is 2.52. The largest absolute Gasteiger partial charge is 0.376 e. The molecular formula is C21H35N7OS. The Morgan fingerprint density at radius 2 is 2.27 bits per heavy atom. The molecule has 0 radical (unpaired) electrons. The molecule has 0 amide bonds. The Kier molecular flexibility index (Phi) is 8.65. The number of morpholine rings is 1. The van der Waals surface area contributed by atoms with E-state index < -0.39 is 0 Å². The zero-order valence-electron chi connectivity index (χ0n) is 18.6. The fourth-order valence-electron chi connectivity index (χ4n) is 3.51. The Morgan fingerprint density at radius 1 is 1.40 bits per heavy atom. The van der Waals surface area contributed by atoms with Crippen LogP contribution in [0.3, 0.4) is 0 Å². The zero-order chi connectivity index (χ0) is 21.3.